The lowest BCUT2D eigenvalue weighted by Crippen LogP contribution is -2.16. The molecule has 0 spiro atoms. The van der Waals surface area contributed by atoms with Gasteiger partial charge in [-0.25, -0.2) is 0 Å². The van der Waals surface area contributed by atoms with Crippen LogP contribution in [0.5, 0.6) is 0 Å². The van der Waals surface area contributed by atoms with Crippen molar-refractivity contribution in [2.24, 2.45) is 13.0 Å². The van der Waals surface area contributed by atoms with Gasteiger partial charge in [-0.05, 0) is 43.2 Å². The molecule has 2 aromatic carbocycles. The highest BCUT2D eigenvalue weighted by molar-refractivity contribution is 5.51. The zero-order chi connectivity index (χ0) is 19.9. The Bertz CT molecular complexity index is 890. The molecule has 2 unspecified atom stereocenters. The number of aromatic nitrogens is 3. The van der Waals surface area contributed by atoms with Crippen LogP contribution in [0.2, 0.25) is 0 Å². The third kappa shape index (κ3) is 5.13. The Morgan fingerprint density at radius 3 is 2.44 bits per heavy atom. The summed E-state index contributed by atoms with van der Waals surface area (Å²) >= 11 is 0. The molecule has 0 saturated carbocycles. The molecule has 0 saturated heterocycles. The van der Waals surface area contributed by atoms with Crippen LogP contribution in [0.3, 0.4) is 0 Å². The molecule has 0 bridgehead atoms. The highest BCUT2D eigenvalue weighted by Crippen LogP contribution is 2.36. The number of hydrogen-bond acceptors (Lipinski definition) is 3. The minimum atomic E-state index is -0.502. The molecule has 0 amide bonds. The van der Waals surface area contributed by atoms with Crippen molar-refractivity contribution in [3.05, 3.63) is 83.2 Å². The number of nitrogens with zero attached hydrogens (tertiary/aromatic N) is 3. The van der Waals surface area contributed by atoms with E-state index in [0.717, 1.165) is 25.0 Å². The van der Waals surface area contributed by atoms with Gasteiger partial charge in [0, 0.05) is 25.6 Å². The van der Waals surface area contributed by atoms with E-state index in [0.29, 0.717) is 0 Å². The molecule has 3 aromatic rings. The first-order valence-corrected chi connectivity index (χ1v) is 9.49. The van der Waals surface area contributed by atoms with Crippen molar-refractivity contribution in [3.8, 4) is 0 Å². The van der Waals surface area contributed by atoms with E-state index >= 15 is 0 Å². The SMILES string of the molecule is [2H]C(=O)CC(CCCc1cn(C)nn1)C(c1ccccc1)c1ccc(C)cc1. The van der Waals surface area contributed by atoms with Gasteiger partial charge in [0.2, 0.25) is 0 Å². The molecule has 140 valence electrons. The lowest BCUT2D eigenvalue weighted by Gasteiger charge is -2.27. The number of carbonyl (C=O) groups excluding carboxylic acids is 1. The quantitative estimate of drug-likeness (QED) is 0.527. The molecule has 27 heavy (non-hydrogen) atoms. The molecular formula is C23H27N3O. The van der Waals surface area contributed by atoms with Crippen molar-refractivity contribution in [2.75, 3.05) is 0 Å². The molecule has 0 fully saturated rings. The predicted molar refractivity (Wildman–Crippen MR) is 108 cm³/mol. The fourth-order valence-electron chi connectivity index (χ4n) is 3.72. The average molecular weight is 362 g/mol. The van der Waals surface area contributed by atoms with Crippen LogP contribution in [-0.4, -0.2) is 21.3 Å². The molecule has 4 heteroatoms. The average Bonchev–Trinajstić information content (AvgIpc) is 3.09. The lowest BCUT2D eigenvalue weighted by atomic mass is 9.77. The van der Waals surface area contributed by atoms with Gasteiger partial charge in [-0.2, -0.15) is 0 Å². The zero-order valence-corrected chi connectivity index (χ0v) is 16.0. The van der Waals surface area contributed by atoms with E-state index in [4.69, 9.17) is 1.37 Å². The first-order valence-electron chi connectivity index (χ1n) is 9.99. The Balaban J connectivity index is 1.85. The topological polar surface area (TPSA) is 47.8 Å². The van der Waals surface area contributed by atoms with Gasteiger partial charge in [-0.3, -0.25) is 4.68 Å². The van der Waals surface area contributed by atoms with Crippen molar-refractivity contribution in [3.63, 3.8) is 0 Å². The second-order valence-corrected chi connectivity index (χ2v) is 7.18. The normalized spacial score (nSPS) is 13.8. The Hall–Kier alpha value is -2.75. The van der Waals surface area contributed by atoms with Crippen LogP contribution in [-0.2, 0) is 18.3 Å². The monoisotopic (exact) mass is 362 g/mol. The van der Waals surface area contributed by atoms with Crippen molar-refractivity contribution in [1.82, 2.24) is 15.0 Å². The minimum absolute atomic E-state index is 0.0757. The van der Waals surface area contributed by atoms with Gasteiger partial charge in [0.15, 0.2) is 0 Å². The van der Waals surface area contributed by atoms with Gasteiger partial charge in [0.05, 0.1) is 5.69 Å². The van der Waals surface area contributed by atoms with Crippen LogP contribution in [0.25, 0.3) is 0 Å². The Morgan fingerprint density at radius 1 is 1.11 bits per heavy atom. The highest BCUT2D eigenvalue weighted by atomic mass is 16.1. The van der Waals surface area contributed by atoms with Gasteiger partial charge >= 0.3 is 0 Å². The number of carbonyl (C=O) groups is 1. The summed E-state index contributed by atoms with van der Waals surface area (Å²) in [5.74, 6) is 0.171. The van der Waals surface area contributed by atoms with Crippen LogP contribution < -0.4 is 0 Å². The number of rotatable bonds is 9. The molecule has 1 aromatic heterocycles. The summed E-state index contributed by atoms with van der Waals surface area (Å²) < 4.78 is 9.31. The standard InChI is InChI=1S/C23H27N3O/c1-18-11-13-21(14-12-18)23(19-7-4-3-5-8-19)20(15-16-27)9-6-10-22-17-26(2)25-24-22/h3-5,7-8,11-14,16-17,20,23H,6,9-10,15H2,1-2H3/i16D. The maximum atomic E-state index is 11.8. The summed E-state index contributed by atoms with van der Waals surface area (Å²) in [6, 6.07) is 18.9. The van der Waals surface area contributed by atoms with Gasteiger partial charge in [-0.1, -0.05) is 65.4 Å². The van der Waals surface area contributed by atoms with Gasteiger partial charge in [0.1, 0.15) is 7.63 Å². The second-order valence-electron chi connectivity index (χ2n) is 7.18. The molecule has 0 radical (unpaired) electrons. The first-order chi connectivity index (χ1) is 13.5. The van der Waals surface area contributed by atoms with E-state index in [1.165, 1.54) is 16.7 Å². The predicted octanol–water partition coefficient (Wildman–Crippen LogP) is 4.48. The fraction of sp³-hybridized carbons (Fsp3) is 0.348. The summed E-state index contributed by atoms with van der Waals surface area (Å²) in [4.78, 5) is 11.8. The first kappa shape index (κ1) is 17.7. The smallest absolute Gasteiger partial charge is 0.120 e. The summed E-state index contributed by atoms with van der Waals surface area (Å²) in [6.07, 6.45) is 4.28. The van der Waals surface area contributed by atoms with Crippen molar-refractivity contribution >= 4 is 6.26 Å². The molecule has 0 N–H and O–H groups in total. The summed E-state index contributed by atoms with van der Waals surface area (Å²) in [6.45, 7) is 2.08. The Kier molecular flexibility index (Phi) is 6.06. The van der Waals surface area contributed by atoms with Crippen LogP contribution in [0.4, 0.5) is 0 Å². The van der Waals surface area contributed by atoms with Crippen LogP contribution in [0.1, 0.15) is 48.9 Å². The number of aldehydes is 1. The molecule has 3 rings (SSSR count). The Labute approximate surface area is 162 Å². The second kappa shape index (κ2) is 9.26. The third-order valence-electron chi connectivity index (χ3n) is 5.07. The number of hydrogen-bond donors (Lipinski definition) is 0. The van der Waals surface area contributed by atoms with E-state index in [1.807, 2.05) is 31.4 Å². The van der Waals surface area contributed by atoms with Crippen LogP contribution in [0.15, 0.2) is 60.8 Å². The van der Waals surface area contributed by atoms with Crippen LogP contribution in [0, 0.1) is 12.8 Å². The van der Waals surface area contributed by atoms with Crippen molar-refractivity contribution in [2.45, 2.75) is 38.5 Å². The van der Waals surface area contributed by atoms with Gasteiger partial charge < -0.3 is 4.79 Å². The molecule has 4 nitrogen and oxygen atoms in total. The summed E-state index contributed by atoms with van der Waals surface area (Å²) in [5, 5.41) is 8.14. The minimum Gasteiger partial charge on any atom is -0.303 e. The molecular weight excluding hydrogens is 334 g/mol. The summed E-state index contributed by atoms with van der Waals surface area (Å²) in [5.41, 5.74) is 4.57. The van der Waals surface area contributed by atoms with Crippen LogP contribution >= 0.6 is 0 Å². The fourth-order valence-corrected chi connectivity index (χ4v) is 3.72. The number of benzene rings is 2. The molecule has 0 aliphatic heterocycles. The lowest BCUT2D eigenvalue weighted by molar-refractivity contribution is -0.108. The van der Waals surface area contributed by atoms with E-state index in [1.54, 1.807) is 4.68 Å². The van der Waals surface area contributed by atoms with E-state index < -0.39 is 6.26 Å². The maximum absolute atomic E-state index is 11.8. The van der Waals surface area contributed by atoms with Crippen molar-refractivity contribution < 1.29 is 6.17 Å². The Morgan fingerprint density at radius 2 is 1.81 bits per heavy atom. The largest absolute Gasteiger partial charge is 0.303 e. The molecule has 0 aliphatic rings. The van der Waals surface area contributed by atoms with Crippen molar-refractivity contribution in [1.29, 1.82) is 0 Å². The maximum Gasteiger partial charge on any atom is 0.120 e. The molecule has 1 heterocycles. The van der Waals surface area contributed by atoms with E-state index in [-0.39, 0.29) is 18.3 Å². The molecule has 2 atom stereocenters. The molecule has 0 aliphatic carbocycles. The highest BCUT2D eigenvalue weighted by Gasteiger charge is 2.24. The number of aryl methyl sites for hydroxylation is 3. The van der Waals surface area contributed by atoms with E-state index in [9.17, 15) is 4.79 Å². The summed E-state index contributed by atoms with van der Waals surface area (Å²) in [7, 11) is 1.86. The van der Waals surface area contributed by atoms with E-state index in [2.05, 4.69) is 53.6 Å². The van der Waals surface area contributed by atoms with Gasteiger partial charge in [0.25, 0.3) is 0 Å². The van der Waals surface area contributed by atoms with Gasteiger partial charge in [-0.15, -0.1) is 5.10 Å². The zero-order valence-electron chi connectivity index (χ0n) is 17.0. The third-order valence-corrected chi connectivity index (χ3v) is 5.07.